The number of benzene rings is 1. The molecule has 4 heteroatoms. The third kappa shape index (κ3) is 2.69. The molecule has 0 bridgehead atoms. The molecule has 0 aliphatic rings. The number of aromatic nitrogens is 1. The van der Waals surface area contributed by atoms with E-state index in [9.17, 15) is 0 Å². The molecule has 0 radical (unpaired) electrons. The minimum absolute atomic E-state index is 0.0687. The summed E-state index contributed by atoms with van der Waals surface area (Å²) in [6.07, 6.45) is 1.77. The number of pyridine rings is 1. The average molecular weight is 257 g/mol. The van der Waals surface area contributed by atoms with Gasteiger partial charge >= 0.3 is 0 Å². The summed E-state index contributed by atoms with van der Waals surface area (Å²) in [6, 6.07) is 11.7. The van der Waals surface area contributed by atoms with Crippen molar-refractivity contribution in [3.05, 3.63) is 48.2 Å². The van der Waals surface area contributed by atoms with Crippen LogP contribution in [0.2, 0.25) is 0 Å². The van der Waals surface area contributed by atoms with E-state index in [1.807, 2.05) is 55.3 Å². The highest BCUT2D eigenvalue weighted by Crippen LogP contribution is 2.33. The molecule has 2 rings (SSSR count). The molecule has 0 aliphatic carbocycles. The maximum absolute atomic E-state index is 6.00. The van der Waals surface area contributed by atoms with Crippen molar-refractivity contribution in [3.63, 3.8) is 0 Å². The van der Waals surface area contributed by atoms with Crippen molar-refractivity contribution in [1.29, 1.82) is 0 Å². The topological polar surface area (TPSA) is 51.4 Å². The van der Waals surface area contributed by atoms with Crippen molar-refractivity contribution in [1.82, 2.24) is 4.98 Å². The number of hydrogen-bond donors (Lipinski definition) is 1. The molecule has 1 atom stereocenters. The Labute approximate surface area is 113 Å². The number of hydrogen-bond acceptors (Lipinski definition) is 4. The largest absolute Gasteiger partial charge is 0.495 e. The smallest absolute Gasteiger partial charge is 0.142 e. The first-order valence-electron chi connectivity index (χ1n) is 6.22. The number of methoxy groups -OCH3 is 1. The fraction of sp³-hybridized carbons (Fsp3) is 0.267. The van der Waals surface area contributed by atoms with Gasteiger partial charge < -0.3 is 15.4 Å². The number of anilines is 2. The van der Waals surface area contributed by atoms with Crippen LogP contribution in [0.25, 0.3) is 0 Å². The second-order valence-corrected chi connectivity index (χ2v) is 4.44. The van der Waals surface area contributed by atoms with Crippen molar-refractivity contribution in [2.24, 2.45) is 5.73 Å². The molecule has 1 aromatic carbocycles. The van der Waals surface area contributed by atoms with Gasteiger partial charge in [-0.15, -0.1) is 0 Å². The summed E-state index contributed by atoms with van der Waals surface area (Å²) in [5.74, 6) is 1.66. The third-order valence-corrected chi connectivity index (χ3v) is 3.07. The summed E-state index contributed by atoms with van der Waals surface area (Å²) in [4.78, 5) is 6.44. The molecular weight excluding hydrogens is 238 g/mol. The van der Waals surface area contributed by atoms with Crippen LogP contribution in [-0.2, 0) is 0 Å². The predicted molar refractivity (Wildman–Crippen MR) is 77.9 cm³/mol. The van der Waals surface area contributed by atoms with Crippen LogP contribution in [0, 0.1) is 0 Å². The van der Waals surface area contributed by atoms with E-state index >= 15 is 0 Å². The number of nitrogens with two attached hydrogens (primary N) is 1. The van der Waals surface area contributed by atoms with Crippen molar-refractivity contribution in [2.75, 3.05) is 19.1 Å². The Bertz CT molecular complexity index is 555. The minimum atomic E-state index is -0.0687. The van der Waals surface area contributed by atoms with E-state index in [1.165, 1.54) is 0 Å². The van der Waals surface area contributed by atoms with E-state index in [0.717, 1.165) is 22.8 Å². The summed E-state index contributed by atoms with van der Waals surface area (Å²) in [5.41, 5.74) is 7.98. The van der Waals surface area contributed by atoms with Gasteiger partial charge in [0.2, 0.25) is 0 Å². The van der Waals surface area contributed by atoms with Crippen LogP contribution in [0.1, 0.15) is 18.5 Å². The van der Waals surface area contributed by atoms with Crippen molar-refractivity contribution < 1.29 is 4.74 Å². The first-order valence-corrected chi connectivity index (χ1v) is 6.22. The van der Waals surface area contributed by atoms with Gasteiger partial charge in [0.1, 0.15) is 11.6 Å². The van der Waals surface area contributed by atoms with Gasteiger partial charge in [-0.1, -0.05) is 18.2 Å². The van der Waals surface area contributed by atoms with Gasteiger partial charge in [0, 0.05) is 24.8 Å². The molecule has 4 nitrogen and oxygen atoms in total. The molecule has 2 aromatic rings. The minimum Gasteiger partial charge on any atom is -0.495 e. The molecule has 0 saturated carbocycles. The molecule has 0 fully saturated rings. The quantitative estimate of drug-likeness (QED) is 0.915. The lowest BCUT2D eigenvalue weighted by Crippen LogP contribution is -2.17. The molecule has 0 spiro atoms. The van der Waals surface area contributed by atoms with Gasteiger partial charge in [0.05, 0.1) is 12.8 Å². The van der Waals surface area contributed by atoms with Crippen LogP contribution >= 0.6 is 0 Å². The second kappa shape index (κ2) is 5.71. The van der Waals surface area contributed by atoms with E-state index in [0.29, 0.717) is 0 Å². The Morgan fingerprint density at radius 3 is 2.63 bits per heavy atom. The molecule has 1 unspecified atom stereocenters. The first-order chi connectivity index (χ1) is 9.15. The molecule has 19 heavy (non-hydrogen) atoms. The number of ether oxygens (including phenoxy) is 1. The first kappa shape index (κ1) is 13.4. The lowest BCUT2D eigenvalue weighted by atomic mass is 10.1. The summed E-state index contributed by atoms with van der Waals surface area (Å²) in [5, 5.41) is 0. The van der Waals surface area contributed by atoms with E-state index in [-0.39, 0.29) is 6.04 Å². The highest BCUT2D eigenvalue weighted by atomic mass is 16.5. The van der Waals surface area contributed by atoms with Gasteiger partial charge in [-0.2, -0.15) is 0 Å². The molecular formula is C15H19N3O. The van der Waals surface area contributed by atoms with Crippen LogP contribution in [-0.4, -0.2) is 19.1 Å². The highest BCUT2D eigenvalue weighted by Gasteiger charge is 2.15. The number of rotatable bonds is 4. The van der Waals surface area contributed by atoms with Crippen molar-refractivity contribution >= 4 is 11.5 Å². The molecule has 0 saturated heterocycles. The Morgan fingerprint density at radius 1 is 1.21 bits per heavy atom. The Kier molecular flexibility index (Phi) is 4.02. The lowest BCUT2D eigenvalue weighted by molar-refractivity contribution is 0.415. The van der Waals surface area contributed by atoms with Gasteiger partial charge in [-0.05, 0) is 25.1 Å². The fourth-order valence-electron chi connectivity index (χ4n) is 2.07. The van der Waals surface area contributed by atoms with Gasteiger partial charge in [-0.25, -0.2) is 4.98 Å². The molecule has 1 heterocycles. The molecule has 0 amide bonds. The van der Waals surface area contributed by atoms with E-state index in [2.05, 4.69) is 4.98 Å². The summed E-state index contributed by atoms with van der Waals surface area (Å²) in [7, 11) is 3.63. The number of para-hydroxylation sites is 2. The molecule has 2 N–H and O–H groups in total. The standard InChI is InChI=1S/C15H19N3O/c1-11(16)12-7-6-10-17-15(12)18(2)13-8-4-5-9-14(13)19-3/h4-11H,16H2,1-3H3. The van der Waals surface area contributed by atoms with E-state index in [4.69, 9.17) is 10.5 Å². The van der Waals surface area contributed by atoms with Gasteiger partial charge in [0.25, 0.3) is 0 Å². The van der Waals surface area contributed by atoms with Crippen LogP contribution in [0.4, 0.5) is 11.5 Å². The fourth-order valence-corrected chi connectivity index (χ4v) is 2.07. The van der Waals surface area contributed by atoms with Gasteiger partial charge in [-0.3, -0.25) is 0 Å². The lowest BCUT2D eigenvalue weighted by Gasteiger charge is -2.24. The second-order valence-electron chi connectivity index (χ2n) is 4.44. The predicted octanol–water partition coefficient (Wildman–Crippen LogP) is 2.88. The summed E-state index contributed by atoms with van der Waals surface area (Å²) < 4.78 is 5.39. The van der Waals surface area contributed by atoms with Crippen molar-refractivity contribution in [3.8, 4) is 5.75 Å². The van der Waals surface area contributed by atoms with E-state index < -0.39 is 0 Å². The summed E-state index contributed by atoms with van der Waals surface area (Å²) in [6.45, 7) is 1.95. The van der Waals surface area contributed by atoms with Crippen LogP contribution in [0.15, 0.2) is 42.6 Å². The Balaban J connectivity index is 2.47. The Morgan fingerprint density at radius 2 is 1.95 bits per heavy atom. The zero-order chi connectivity index (χ0) is 13.8. The van der Waals surface area contributed by atoms with Gasteiger partial charge in [0.15, 0.2) is 0 Å². The van der Waals surface area contributed by atoms with Crippen molar-refractivity contribution in [2.45, 2.75) is 13.0 Å². The zero-order valence-corrected chi connectivity index (χ0v) is 11.5. The maximum Gasteiger partial charge on any atom is 0.142 e. The third-order valence-electron chi connectivity index (χ3n) is 3.07. The van der Waals surface area contributed by atoms with E-state index in [1.54, 1.807) is 13.3 Å². The average Bonchev–Trinajstić information content (AvgIpc) is 2.46. The summed E-state index contributed by atoms with van der Waals surface area (Å²) >= 11 is 0. The maximum atomic E-state index is 6.00. The molecule has 100 valence electrons. The van der Waals surface area contributed by atoms with Crippen LogP contribution < -0.4 is 15.4 Å². The Hall–Kier alpha value is -2.07. The monoisotopic (exact) mass is 257 g/mol. The molecule has 0 aliphatic heterocycles. The van der Waals surface area contributed by atoms with Crippen LogP contribution in [0.3, 0.4) is 0 Å². The number of nitrogens with zero attached hydrogens (tertiary/aromatic N) is 2. The highest BCUT2D eigenvalue weighted by molar-refractivity contribution is 5.68. The molecule has 1 aromatic heterocycles. The normalized spacial score (nSPS) is 12.0. The SMILES string of the molecule is COc1ccccc1N(C)c1ncccc1C(C)N. The van der Waals surface area contributed by atoms with Crippen LogP contribution in [0.5, 0.6) is 5.75 Å². The zero-order valence-electron chi connectivity index (χ0n) is 11.5.